The smallest absolute Gasteiger partial charge is 0.150 e. The number of benzene rings is 1. The first kappa shape index (κ1) is 8.69. The Kier molecular flexibility index (Phi) is 2.14. The molecule has 0 atom stereocenters. The van der Waals surface area contributed by atoms with Gasteiger partial charge in [-0.15, -0.1) is 0 Å². The van der Waals surface area contributed by atoms with Crippen LogP contribution in [0.15, 0.2) is 36.8 Å². The Bertz CT molecular complexity index is 460. The lowest BCUT2D eigenvalue weighted by molar-refractivity contribution is 0.112. The highest BCUT2D eigenvalue weighted by molar-refractivity contribution is 5.78. The van der Waals surface area contributed by atoms with E-state index in [-0.39, 0.29) is 0 Å². The van der Waals surface area contributed by atoms with Crippen LogP contribution in [0, 0.1) is 0 Å². The van der Waals surface area contributed by atoms with E-state index in [4.69, 9.17) is 0 Å². The maximum absolute atomic E-state index is 10.6. The van der Waals surface area contributed by atoms with E-state index in [1.165, 1.54) is 0 Å². The fraction of sp³-hybridized carbons (Fsp3) is 0.0909. The lowest BCUT2D eigenvalue weighted by Gasteiger charge is -1.96. The highest BCUT2D eigenvalue weighted by Crippen LogP contribution is 2.17. The molecule has 1 aromatic heterocycles. The maximum Gasteiger partial charge on any atom is 0.150 e. The van der Waals surface area contributed by atoms with Crippen molar-refractivity contribution in [1.82, 2.24) is 9.55 Å². The number of aldehydes is 1. The molecule has 0 bridgehead atoms. The van der Waals surface area contributed by atoms with Crippen molar-refractivity contribution >= 4 is 6.29 Å². The first-order chi connectivity index (χ1) is 6.79. The molecule has 0 aliphatic rings. The maximum atomic E-state index is 10.6. The molecule has 3 heteroatoms. The number of rotatable bonds is 2. The van der Waals surface area contributed by atoms with E-state index in [9.17, 15) is 4.79 Å². The van der Waals surface area contributed by atoms with Gasteiger partial charge in [0.1, 0.15) is 6.29 Å². The molecule has 14 heavy (non-hydrogen) atoms. The summed E-state index contributed by atoms with van der Waals surface area (Å²) < 4.78 is 1.88. The first-order valence-electron chi connectivity index (χ1n) is 4.33. The molecule has 1 aromatic carbocycles. The van der Waals surface area contributed by atoms with E-state index in [0.717, 1.165) is 17.5 Å². The molecule has 2 aromatic rings. The Hall–Kier alpha value is -1.90. The van der Waals surface area contributed by atoms with E-state index in [0.29, 0.717) is 5.56 Å². The van der Waals surface area contributed by atoms with Crippen molar-refractivity contribution in [3.63, 3.8) is 0 Å². The number of nitrogens with zero attached hydrogens (tertiary/aromatic N) is 2. The highest BCUT2D eigenvalue weighted by Gasteiger charge is 2.00. The summed E-state index contributed by atoms with van der Waals surface area (Å²) in [6.45, 7) is 0. The van der Waals surface area contributed by atoms with Crippen molar-refractivity contribution in [2.75, 3.05) is 0 Å². The van der Waals surface area contributed by atoms with Gasteiger partial charge in [0, 0.05) is 24.4 Å². The molecule has 0 unspecified atom stereocenters. The van der Waals surface area contributed by atoms with Gasteiger partial charge in [-0.2, -0.15) is 0 Å². The van der Waals surface area contributed by atoms with Gasteiger partial charge in [0.05, 0.1) is 12.0 Å². The first-order valence-corrected chi connectivity index (χ1v) is 4.33. The fourth-order valence-corrected chi connectivity index (χ4v) is 1.33. The Morgan fingerprint density at radius 3 is 2.93 bits per heavy atom. The molecule has 0 fully saturated rings. The van der Waals surface area contributed by atoms with E-state index in [1.807, 2.05) is 36.0 Å². The van der Waals surface area contributed by atoms with Crippen LogP contribution in [0.3, 0.4) is 0 Å². The van der Waals surface area contributed by atoms with Crippen LogP contribution in [-0.4, -0.2) is 15.8 Å². The lowest BCUT2D eigenvalue weighted by Crippen LogP contribution is -1.82. The largest absolute Gasteiger partial charge is 0.340 e. The average Bonchev–Trinajstić information content (AvgIpc) is 2.65. The third kappa shape index (κ3) is 1.57. The van der Waals surface area contributed by atoms with Crippen molar-refractivity contribution in [3.8, 4) is 11.3 Å². The molecule has 0 aliphatic carbocycles. The molecule has 0 spiro atoms. The summed E-state index contributed by atoms with van der Waals surface area (Å²) >= 11 is 0. The number of aromatic nitrogens is 2. The second-order valence-corrected chi connectivity index (χ2v) is 3.17. The zero-order valence-corrected chi connectivity index (χ0v) is 7.84. The molecule has 0 aliphatic heterocycles. The molecular formula is C11H10N2O. The number of carbonyl (C=O) groups is 1. The lowest BCUT2D eigenvalue weighted by atomic mass is 10.1. The fourth-order valence-electron chi connectivity index (χ4n) is 1.33. The molecule has 1 heterocycles. The van der Waals surface area contributed by atoms with Crippen LogP contribution >= 0.6 is 0 Å². The second kappa shape index (κ2) is 3.46. The molecule has 70 valence electrons. The van der Waals surface area contributed by atoms with Gasteiger partial charge >= 0.3 is 0 Å². The monoisotopic (exact) mass is 186 g/mol. The van der Waals surface area contributed by atoms with Crippen LogP contribution in [0.2, 0.25) is 0 Å². The minimum absolute atomic E-state index is 0.674. The van der Waals surface area contributed by atoms with E-state index in [1.54, 1.807) is 12.4 Å². The number of aryl methyl sites for hydroxylation is 1. The van der Waals surface area contributed by atoms with Gasteiger partial charge in [-0.3, -0.25) is 4.79 Å². The highest BCUT2D eigenvalue weighted by atomic mass is 16.1. The van der Waals surface area contributed by atoms with Crippen LogP contribution in [0.4, 0.5) is 0 Å². The van der Waals surface area contributed by atoms with Crippen molar-refractivity contribution < 1.29 is 4.79 Å². The molecular weight excluding hydrogens is 176 g/mol. The predicted molar refractivity (Wildman–Crippen MR) is 54.0 cm³/mol. The summed E-state index contributed by atoms with van der Waals surface area (Å²) in [4.78, 5) is 14.8. The number of hydrogen-bond donors (Lipinski definition) is 0. The summed E-state index contributed by atoms with van der Waals surface area (Å²) in [6, 6.07) is 7.40. The minimum atomic E-state index is 0.674. The molecule has 0 amide bonds. The molecule has 0 saturated carbocycles. The van der Waals surface area contributed by atoms with Crippen LogP contribution in [0.25, 0.3) is 11.3 Å². The van der Waals surface area contributed by atoms with E-state index in [2.05, 4.69) is 4.98 Å². The Morgan fingerprint density at radius 2 is 2.29 bits per heavy atom. The Morgan fingerprint density at radius 1 is 1.43 bits per heavy atom. The van der Waals surface area contributed by atoms with Crippen LogP contribution < -0.4 is 0 Å². The standard InChI is InChI=1S/C11H10N2O/c1-13-6-11(12-8-13)10-4-2-3-9(5-10)7-14/h2-8H,1H3. The average molecular weight is 186 g/mol. The van der Waals surface area contributed by atoms with E-state index >= 15 is 0 Å². The van der Waals surface area contributed by atoms with Gasteiger partial charge in [0.25, 0.3) is 0 Å². The zero-order chi connectivity index (χ0) is 9.97. The zero-order valence-electron chi connectivity index (χ0n) is 7.84. The summed E-state index contributed by atoms with van der Waals surface area (Å²) in [5, 5.41) is 0. The van der Waals surface area contributed by atoms with Crippen LogP contribution in [0.5, 0.6) is 0 Å². The van der Waals surface area contributed by atoms with Crippen LogP contribution in [-0.2, 0) is 7.05 Å². The van der Waals surface area contributed by atoms with E-state index < -0.39 is 0 Å². The van der Waals surface area contributed by atoms with Crippen molar-refractivity contribution in [1.29, 1.82) is 0 Å². The Labute approximate surface area is 82.0 Å². The number of hydrogen-bond acceptors (Lipinski definition) is 2. The number of imidazole rings is 1. The Balaban J connectivity index is 2.46. The summed E-state index contributed by atoms with van der Waals surface area (Å²) in [5.41, 5.74) is 2.53. The summed E-state index contributed by atoms with van der Waals surface area (Å²) in [7, 11) is 1.92. The third-order valence-electron chi connectivity index (χ3n) is 2.02. The number of carbonyl (C=O) groups excluding carboxylic acids is 1. The minimum Gasteiger partial charge on any atom is -0.340 e. The molecule has 3 nitrogen and oxygen atoms in total. The summed E-state index contributed by atoms with van der Waals surface area (Å²) in [5.74, 6) is 0. The molecule has 0 saturated heterocycles. The van der Waals surface area contributed by atoms with Gasteiger partial charge in [-0.05, 0) is 6.07 Å². The molecule has 0 N–H and O–H groups in total. The second-order valence-electron chi connectivity index (χ2n) is 3.17. The normalized spacial score (nSPS) is 10.1. The topological polar surface area (TPSA) is 34.9 Å². The molecule has 2 rings (SSSR count). The van der Waals surface area contributed by atoms with Crippen molar-refractivity contribution in [2.45, 2.75) is 0 Å². The van der Waals surface area contributed by atoms with Gasteiger partial charge in [-0.1, -0.05) is 18.2 Å². The summed E-state index contributed by atoms with van der Waals surface area (Å²) in [6.07, 6.45) is 4.50. The quantitative estimate of drug-likeness (QED) is 0.671. The van der Waals surface area contributed by atoms with Gasteiger partial charge in [0.2, 0.25) is 0 Å². The van der Waals surface area contributed by atoms with Gasteiger partial charge in [0.15, 0.2) is 0 Å². The van der Waals surface area contributed by atoms with Crippen molar-refractivity contribution in [3.05, 3.63) is 42.4 Å². The third-order valence-corrected chi connectivity index (χ3v) is 2.02. The SMILES string of the molecule is Cn1cnc(-c2cccc(C=O)c2)c1. The van der Waals surface area contributed by atoms with Crippen molar-refractivity contribution in [2.24, 2.45) is 7.05 Å². The predicted octanol–water partition coefficient (Wildman–Crippen LogP) is 1.90. The van der Waals surface area contributed by atoms with Gasteiger partial charge in [-0.25, -0.2) is 4.98 Å². The molecule has 0 radical (unpaired) electrons. The van der Waals surface area contributed by atoms with Gasteiger partial charge < -0.3 is 4.57 Å². The van der Waals surface area contributed by atoms with Crippen LogP contribution in [0.1, 0.15) is 10.4 Å².